The van der Waals surface area contributed by atoms with Crippen molar-refractivity contribution in [2.24, 2.45) is 7.05 Å². The molecule has 0 spiro atoms. The zero-order valence-electron chi connectivity index (χ0n) is 81.6. The van der Waals surface area contributed by atoms with Crippen molar-refractivity contribution >= 4 is 77.1 Å². The number of halogens is 4. The minimum atomic E-state index is -0.452. The quantitative estimate of drug-likeness (QED) is 0.0192. The predicted octanol–water partition coefficient (Wildman–Crippen LogP) is 20.0. The van der Waals surface area contributed by atoms with Crippen LogP contribution in [0, 0.1) is 23.3 Å². The fourth-order valence-electron chi connectivity index (χ4n) is 19.4. The molecule has 4 aliphatic carbocycles. The van der Waals surface area contributed by atoms with Gasteiger partial charge in [-0.3, -0.25) is 33.6 Å². The number of aromatic hydroxyl groups is 4. The topological polar surface area (TPSA) is 388 Å². The normalized spacial score (nSPS) is 14.0. The highest BCUT2D eigenvalue weighted by Gasteiger charge is 2.34. The Labute approximate surface area is 844 Å². The average molecular weight is 2000 g/mol. The fraction of sp³-hybridized carbons (Fsp3) is 0.229. The van der Waals surface area contributed by atoms with E-state index >= 15 is 4.39 Å². The van der Waals surface area contributed by atoms with E-state index in [4.69, 9.17) is 15.2 Å². The van der Waals surface area contributed by atoms with Gasteiger partial charge >= 0.3 is 5.97 Å². The number of nitrogens with zero attached hydrogens (tertiary/aromatic N) is 6. The summed E-state index contributed by atoms with van der Waals surface area (Å²) in [4.78, 5) is 85.9. The second-order valence-electron chi connectivity index (χ2n) is 37.6. The molecule has 30 heteroatoms. The van der Waals surface area contributed by atoms with Crippen LogP contribution in [0.5, 0.6) is 28.7 Å². The van der Waals surface area contributed by atoms with Crippen LogP contribution in [0.15, 0.2) is 284 Å². The van der Waals surface area contributed by atoms with E-state index in [1.165, 1.54) is 99.1 Å². The maximum Gasteiger partial charge on any atom is 0.305 e. The molecule has 4 fully saturated rings. The number of phenolic OH excluding ortho intramolecular Hbond substituents is 4. The third kappa shape index (κ3) is 21.1. The molecule has 0 amide bonds. The van der Waals surface area contributed by atoms with E-state index in [1.807, 2.05) is 78.2 Å². The van der Waals surface area contributed by atoms with Gasteiger partial charge in [-0.2, -0.15) is 0 Å². The molecule has 0 bridgehead atoms. The van der Waals surface area contributed by atoms with Gasteiger partial charge in [-0.1, -0.05) is 97.9 Å². The summed E-state index contributed by atoms with van der Waals surface area (Å²) in [6.07, 6.45) is 8.01. The van der Waals surface area contributed by atoms with Gasteiger partial charge in [0.05, 0.1) is 73.2 Å². The number of benzene rings is 12. The molecule has 7 heterocycles. The van der Waals surface area contributed by atoms with Crippen molar-refractivity contribution in [2.75, 3.05) is 12.8 Å². The van der Waals surface area contributed by atoms with E-state index in [0.717, 1.165) is 108 Å². The minimum Gasteiger partial charge on any atom is -0.508 e. The molecule has 148 heavy (non-hydrogen) atoms. The first-order valence-corrected chi connectivity index (χ1v) is 48.9. The Balaban J connectivity index is 0.000000116. The first-order valence-electron chi connectivity index (χ1n) is 48.9. The second kappa shape index (κ2) is 43.1. The zero-order valence-corrected chi connectivity index (χ0v) is 81.6. The Morgan fingerprint density at radius 3 is 1.16 bits per heavy atom. The number of esters is 1. The van der Waals surface area contributed by atoms with Crippen molar-refractivity contribution in [3.05, 3.63) is 385 Å². The smallest absolute Gasteiger partial charge is 0.305 e. The molecular formula is C118H108F4N8O18. The summed E-state index contributed by atoms with van der Waals surface area (Å²) in [6, 6.07) is 70.9. The van der Waals surface area contributed by atoms with Crippen molar-refractivity contribution in [3.63, 3.8) is 0 Å². The molecule has 5 aliphatic rings. The number of pyridine rings is 6. The Kier molecular flexibility index (Phi) is 29.6. The molecular weight excluding hydrogens is 1890 g/mol. The van der Waals surface area contributed by atoms with Crippen LogP contribution in [-0.2, 0) is 69.3 Å². The number of anilines is 1. The Morgan fingerprint density at radius 2 is 0.709 bits per heavy atom. The molecule has 0 radical (unpaired) electrons. The molecule has 1 aliphatic heterocycles. The fourth-order valence-corrected chi connectivity index (χ4v) is 19.4. The lowest BCUT2D eigenvalue weighted by atomic mass is 9.96. The number of nitrogens with one attached hydrogen (secondary N) is 1. The number of aromatic nitrogens is 6. The zero-order chi connectivity index (χ0) is 104. The molecule has 756 valence electrons. The number of aliphatic hydroxyl groups is 5. The van der Waals surface area contributed by atoms with E-state index in [0.29, 0.717) is 140 Å². The van der Waals surface area contributed by atoms with Crippen LogP contribution in [-0.4, -0.2) is 86.4 Å². The summed E-state index contributed by atoms with van der Waals surface area (Å²) in [7, 11) is 3.19. The number of aliphatic hydroxyl groups excluding tert-OH is 5. The number of rotatable bonds is 20. The summed E-state index contributed by atoms with van der Waals surface area (Å²) in [5.41, 5.74) is 22.9. The molecule has 4 saturated carbocycles. The number of carbonyl (C=O) groups is 1. The number of nitrogens with two attached hydrogens (primary N) is 1. The first-order chi connectivity index (χ1) is 71.4. The molecule has 18 aromatic rings. The van der Waals surface area contributed by atoms with Gasteiger partial charge in [0.2, 0.25) is 0 Å². The molecule has 26 nitrogen and oxygen atoms in total. The van der Waals surface area contributed by atoms with Gasteiger partial charge in [0.1, 0.15) is 52.9 Å². The molecule has 0 saturated heterocycles. The number of nitrogen functional groups attached to an aromatic ring is 1. The molecule has 23 rings (SSSR count). The van der Waals surface area contributed by atoms with Crippen molar-refractivity contribution in [2.45, 2.75) is 161 Å². The monoisotopic (exact) mass is 2000 g/mol. The molecule has 12 N–H and O–H groups in total. The molecule has 1 unspecified atom stereocenters. The second-order valence-corrected chi connectivity index (χ2v) is 37.6. The van der Waals surface area contributed by atoms with Crippen molar-refractivity contribution in [3.8, 4) is 95.5 Å². The maximum atomic E-state index is 15.0. The Morgan fingerprint density at radius 1 is 0.365 bits per heavy atom. The lowest BCUT2D eigenvalue weighted by Gasteiger charge is -2.18. The summed E-state index contributed by atoms with van der Waals surface area (Å²) in [5, 5.41) is 92.7. The standard InChI is InChI=1S/C22H21FN2O3.C22H21FN2O2.C20H19NO4.C19H17NO3.C18H16FNO3.C17H14FNO3/c1-2-22(27)28-12-14-9-21(26)25(16-7-8-16)20-11-17(19(23)10-18(14)20)13-3-5-15(24)6-4-13;1-12-17-5-2-13(6-14(17)10-24-12)18-9-21-19(8-20(18)23)15(11-26)7-22(27)25(21)16-3-4-16;1-25-20-17(12-2-6-15(23)7-3-12)9-8-16-13(11-22)10-18(24)21(19(16)20)14-4-5-14;21-11-14-10-19(23)20(15-4-5-15)18-9-13(3-8-17(14)18)12-1-6-16(22)7-2-12;1-2-20-17-9-14(11-3-5-13(22)6-4-11)16(19)8-15(17)12(10-21)7-18(20)23;1-19-16-8-13(10-2-4-12(21)5-3-10)15(18)7-14(16)11(9-20)6-17(19)22/h3-6,9-11,16H,2,7-8,12,24H2,1H3;2,5-9,12,16,24,26H,3-4,10-11H2,1H3;2-3,6-10,14,22-23H,4-5,11H2,1H3;1-3,6-10,15,21-22H,4-5,11H2;3-9,21-22H,2,10H2,1H3;2-8,20-21H,9H2,1H3. The number of hydrogen-bond donors (Lipinski definition) is 11. The van der Waals surface area contributed by atoms with Crippen molar-refractivity contribution in [1.82, 2.24) is 32.7 Å². The van der Waals surface area contributed by atoms with Crippen molar-refractivity contribution < 1.29 is 77.8 Å². The van der Waals surface area contributed by atoms with E-state index in [1.54, 1.807) is 138 Å². The van der Waals surface area contributed by atoms with Crippen molar-refractivity contribution in [1.29, 1.82) is 0 Å². The number of hydrogen-bond acceptors (Lipinski definition) is 20. The number of phenols is 4. The number of fused-ring (bicyclic) bond motifs is 7. The van der Waals surface area contributed by atoms with Crippen LogP contribution in [0.3, 0.4) is 0 Å². The SMILES string of the molecule is CC1NCc2cc(-c3cc4c(cc3F)c(CO)cc(=O)n4C3CC3)ccc21.CCC(=O)OCc1cc(=O)n(C2CC2)c2cc(-c3ccc(N)cc3)c(F)cc12.CCn1c(=O)cc(CO)c2cc(F)c(-c3ccc(O)cc3)cc21.COc1c(-c2ccc(O)cc2)ccc2c(CO)cc(=O)n(C3CC3)c12.Cn1c(=O)cc(CO)c2cc(F)c(-c3ccc(O)cc3)cc21.O=c1cc(CO)c2ccc(-c3ccc(O)cc3)cc2n1C1CC1. The Hall–Kier alpha value is -16.4. The van der Waals surface area contributed by atoms with Gasteiger partial charge in [0, 0.05) is 165 Å². The van der Waals surface area contributed by atoms with Crippen LogP contribution < -0.4 is 49.1 Å². The van der Waals surface area contributed by atoms with E-state index < -0.39 is 17.5 Å². The number of ether oxygens (including phenoxy) is 2. The van der Waals surface area contributed by atoms with E-state index in [-0.39, 0.29) is 138 Å². The van der Waals surface area contributed by atoms with Crippen LogP contribution in [0.2, 0.25) is 0 Å². The Bertz CT molecular complexity index is 8610. The summed E-state index contributed by atoms with van der Waals surface area (Å²) >= 11 is 0. The van der Waals surface area contributed by atoms with Gasteiger partial charge in [0.15, 0.2) is 5.75 Å². The van der Waals surface area contributed by atoms with E-state index in [2.05, 4.69) is 18.3 Å². The summed E-state index contributed by atoms with van der Waals surface area (Å²) in [6.45, 7) is 5.55. The van der Waals surface area contributed by atoms with Gasteiger partial charge in [-0.05, 0) is 270 Å². The number of aryl methyl sites for hydroxylation is 2. The minimum absolute atomic E-state index is 0.0492. The van der Waals surface area contributed by atoms with Gasteiger partial charge in [-0.15, -0.1) is 0 Å². The lowest BCUT2D eigenvalue weighted by molar-refractivity contribution is -0.144. The molecule has 1 atom stereocenters. The van der Waals surface area contributed by atoms with Crippen LogP contribution in [0.1, 0.15) is 153 Å². The maximum absolute atomic E-state index is 15.0. The lowest BCUT2D eigenvalue weighted by Crippen LogP contribution is -2.20. The van der Waals surface area contributed by atoms with Crippen LogP contribution in [0.4, 0.5) is 23.2 Å². The molecule has 6 aromatic heterocycles. The third-order valence-corrected chi connectivity index (χ3v) is 27.7. The predicted molar refractivity (Wildman–Crippen MR) is 564 cm³/mol. The third-order valence-electron chi connectivity index (χ3n) is 27.7. The van der Waals surface area contributed by atoms with Gasteiger partial charge in [0.25, 0.3) is 33.4 Å². The van der Waals surface area contributed by atoms with E-state index in [9.17, 15) is 92.7 Å². The van der Waals surface area contributed by atoms with Crippen LogP contribution >= 0.6 is 0 Å². The highest BCUT2D eigenvalue weighted by molar-refractivity contribution is 5.97. The largest absolute Gasteiger partial charge is 0.508 e. The van der Waals surface area contributed by atoms with Gasteiger partial charge in [-0.25, -0.2) is 17.6 Å². The summed E-state index contributed by atoms with van der Waals surface area (Å²) in [5.74, 6) is -0.763. The van der Waals surface area contributed by atoms with Gasteiger partial charge < -0.3 is 93.9 Å². The first kappa shape index (κ1) is 102. The molecule has 12 aromatic carbocycles. The highest BCUT2D eigenvalue weighted by Crippen LogP contribution is 2.47. The average Bonchev–Trinajstić information content (AvgIpc) is 1.43. The van der Waals surface area contributed by atoms with Crippen LogP contribution in [0.25, 0.3) is 132 Å². The number of carbonyl (C=O) groups excluding carboxylic acids is 1. The summed E-state index contributed by atoms with van der Waals surface area (Å²) < 4.78 is 79.9. The number of methoxy groups -OCH3 is 1. The highest BCUT2D eigenvalue weighted by atomic mass is 19.1.